The molecule has 2 aromatic rings. The Labute approximate surface area is 219 Å². The SMILES string of the molecule is CNC(=O)c1cc(Cl)c(O)cc1OC[C@@H](O)CN1C[C@@H](Oc2ccc(Cl)cc2)CO1.O=C(O)C(F)(F)F. The number of nitrogens with one attached hydrogen (secondary N) is 1. The predicted molar refractivity (Wildman–Crippen MR) is 125 cm³/mol. The summed E-state index contributed by atoms with van der Waals surface area (Å²) < 4.78 is 43.1. The summed E-state index contributed by atoms with van der Waals surface area (Å²) in [5.41, 5.74) is 0.154. The highest BCUT2D eigenvalue weighted by molar-refractivity contribution is 6.32. The van der Waals surface area contributed by atoms with E-state index in [-0.39, 0.29) is 41.3 Å². The van der Waals surface area contributed by atoms with Gasteiger partial charge in [0.15, 0.2) is 0 Å². The number of amides is 1. The number of hydrogen-bond donors (Lipinski definition) is 4. The van der Waals surface area contributed by atoms with Crippen molar-refractivity contribution in [2.45, 2.75) is 18.4 Å². The standard InChI is InChI=1S/C20H22Cl2N2O6.C2HF3O2/c1-23-20(27)16-6-17(22)18(26)7-19(16)28-10-13(25)8-24-9-15(11-29-24)30-14-4-2-12(21)3-5-14;3-2(4,5)1(6)7/h2-7,13,15,25-26H,8-11H2,1H3,(H,23,27);(H,6,7)/t13-,15+;/m0./s1. The molecule has 2 aromatic carbocycles. The van der Waals surface area contributed by atoms with Gasteiger partial charge in [-0.1, -0.05) is 23.2 Å². The van der Waals surface area contributed by atoms with Crippen molar-refractivity contribution in [2.75, 3.05) is 33.4 Å². The van der Waals surface area contributed by atoms with Crippen molar-refractivity contribution in [1.29, 1.82) is 0 Å². The number of carbonyl (C=O) groups excluding carboxylic acids is 1. The van der Waals surface area contributed by atoms with Crippen molar-refractivity contribution < 1.29 is 52.4 Å². The van der Waals surface area contributed by atoms with Crippen LogP contribution in [0.2, 0.25) is 10.0 Å². The van der Waals surface area contributed by atoms with Crippen LogP contribution in [0.25, 0.3) is 0 Å². The van der Waals surface area contributed by atoms with Gasteiger partial charge in [-0.15, -0.1) is 0 Å². The minimum atomic E-state index is -5.08. The number of phenolic OH excluding ortho intramolecular Hbond substituents is 1. The van der Waals surface area contributed by atoms with Crippen LogP contribution >= 0.6 is 23.2 Å². The van der Waals surface area contributed by atoms with E-state index in [1.807, 2.05) is 0 Å². The number of aliphatic hydroxyl groups excluding tert-OH is 1. The normalized spacial score (nSPS) is 16.4. The van der Waals surface area contributed by atoms with E-state index in [0.29, 0.717) is 23.9 Å². The lowest BCUT2D eigenvalue weighted by Gasteiger charge is -2.20. The summed E-state index contributed by atoms with van der Waals surface area (Å²) in [6, 6.07) is 9.58. The van der Waals surface area contributed by atoms with Crippen LogP contribution in [-0.2, 0) is 9.63 Å². The zero-order valence-corrected chi connectivity index (χ0v) is 20.7. The molecule has 1 heterocycles. The Morgan fingerprint density at radius 1 is 1.24 bits per heavy atom. The summed E-state index contributed by atoms with van der Waals surface area (Å²) in [4.78, 5) is 26.4. The number of phenols is 1. The molecule has 3 rings (SSSR count). The fourth-order valence-electron chi connectivity index (χ4n) is 2.87. The van der Waals surface area contributed by atoms with Gasteiger partial charge in [-0.05, 0) is 30.3 Å². The van der Waals surface area contributed by atoms with Gasteiger partial charge in [-0.2, -0.15) is 18.2 Å². The molecule has 1 aliphatic rings. The predicted octanol–water partition coefficient (Wildman–Crippen LogP) is 3.13. The van der Waals surface area contributed by atoms with Crippen LogP contribution in [0.1, 0.15) is 10.4 Å². The number of carbonyl (C=O) groups is 2. The lowest BCUT2D eigenvalue weighted by molar-refractivity contribution is -0.192. The van der Waals surface area contributed by atoms with Crippen molar-refractivity contribution in [3.05, 3.63) is 52.0 Å². The second kappa shape index (κ2) is 13.5. The largest absolute Gasteiger partial charge is 0.506 e. The molecule has 0 aliphatic carbocycles. The fourth-order valence-corrected chi connectivity index (χ4v) is 3.16. The van der Waals surface area contributed by atoms with E-state index in [4.69, 9.17) is 47.4 Å². The quantitative estimate of drug-likeness (QED) is 0.377. The molecule has 15 heteroatoms. The van der Waals surface area contributed by atoms with Crippen LogP contribution in [0.5, 0.6) is 17.2 Å². The highest BCUT2D eigenvalue weighted by atomic mass is 35.5. The van der Waals surface area contributed by atoms with Gasteiger partial charge in [-0.3, -0.25) is 9.63 Å². The molecule has 0 bridgehead atoms. The third-order valence-corrected chi connectivity index (χ3v) is 5.13. The minimum absolute atomic E-state index is 0.0266. The Hall–Kier alpha value is -2.97. The minimum Gasteiger partial charge on any atom is -0.506 e. The number of halogens is 5. The molecule has 10 nitrogen and oxygen atoms in total. The summed E-state index contributed by atoms with van der Waals surface area (Å²) in [6.45, 7) is 0.871. The van der Waals surface area contributed by atoms with Gasteiger partial charge in [0, 0.05) is 18.1 Å². The number of carboxylic acid groups (broad SMARTS) is 1. The maximum absolute atomic E-state index is 12.0. The van der Waals surface area contributed by atoms with Crippen molar-refractivity contribution in [2.24, 2.45) is 0 Å². The average molecular weight is 571 g/mol. The van der Waals surface area contributed by atoms with Gasteiger partial charge in [-0.25, -0.2) is 4.79 Å². The molecule has 2 atom stereocenters. The molecule has 1 aliphatic heterocycles. The summed E-state index contributed by atoms with van der Waals surface area (Å²) in [6.07, 6.45) is -6.18. The molecule has 1 saturated heterocycles. The number of hydrogen-bond acceptors (Lipinski definition) is 8. The second-order valence-electron chi connectivity index (χ2n) is 7.48. The number of aromatic hydroxyl groups is 1. The van der Waals surface area contributed by atoms with Gasteiger partial charge >= 0.3 is 12.1 Å². The van der Waals surface area contributed by atoms with Crippen molar-refractivity contribution in [3.8, 4) is 17.2 Å². The van der Waals surface area contributed by atoms with E-state index < -0.39 is 24.2 Å². The number of aliphatic hydroxyl groups is 1. The summed E-state index contributed by atoms with van der Waals surface area (Å²) in [7, 11) is 1.47. The monoisotopic (exact) mass is 570 g/mol. The Morgan fingerprint density at radius 3 is 2.43 bits per heavy atom. The van der Waals surface area contributed by atoms with E-state index in [2.05, 4.69) is 5.32 Å². The summed E-state index contributed by atoms with van der Waals surface area (Å²) in [5.74, 6) is -2.61. The summed E-state index contributed by atoms with van der Waals surface area (Å²) in [5, 5.41) is 31.9. The third kappa shape index (κ3) is 9.78. The Kier molecular flexibility index (Phi) is 11.1. The number of alkyl halides is 3. The van der Waals surface area contributed by atoms with Gasteiger partial charge in [0.25, 0.3) is 5.91 Å². The molecule has 1 amide bonds. The molecular formula is C22H23Cl2F3N2O8. The first-order valence-electron chi connectivity index (χ1n) is 10.5. The number of rotatable bonds is 8. The van der Waals surface area contributed by atoms with E-state index in [9.17, 15) is 28.2 Å². The highest BCUT2D eigenvalue weighted by Crippen LogP contribution is 2.32. The number of β-amino-alcohol motifs (C(OH)–C–C–N with tert-alkyl or cyclic N) is 1. The maximum atomic E-state index is 12.0. The van der Waals surface area contributed by atoms with Gasteiger partial charge < -0.3 is 30.1 Å². The van der Waals surface area contributed by atoms with Crippen LogP contribution in [0.15, 0.2) is 36.4 Å². The van der Waals surface area contributed by atoms with Crippen LogP contribution in [0.3, 0.4) is 0 Å². The number of aliphatic carboxylic acids is 1. The Bertz CT molecular complexity index is 1070. The highest BCUT2D eigenvalue weighted by Gasteiger charge is 2.38. The molecule has 0 spiro atoms. The first-order valence-corrected chi connectivity index (χ1v) is 11.2. The van der Waals surface area contributed by atoms with E-state index in [0.717, 1.165) is 0 Å². The molecule has 1 fully saturated rings. The van der Waals surface area contributed by atoms with Crippen molar-refractivity contribution >= 4 is 35.1 Å². The molecule has 0 aromatic heterocycles. The maximum Gasteiger partial charge on any atom is 0.490 e. The van der Waals surface area contributed by atoms with E-state index in [1.54, 1.807) is 29.3 Å². The van der Waals surface area contributed by atoms with Crippen molar-refractivity contribution in [1.82, 2.24) is 10.4 Å². The Morgan fingerprint density at radius 2 is 1.86 bits per heavy atom. The first kappa shape index (κ1) is 30.3. The second-order valence-corrected chi connectivity index (χ2v) is 8.33. The van der Waals surface area contributed by atoms with Crippen LogP contribution < -0.4 is 14.8 Å². The van der Waals surface area contributed by atoms with Crippen LogP contribution in [0, 0.1) is 0 Å². The Balaban J connectivity index is 0.000000604. The lowest BCUT2D eigenvalue weighted by Crippen LogP contribution is -2.35. The fraction of sp³-hybridized carbons (Fsp3) is 0.364. The number of carboxylic acids is 1. The number of nitrogens with zero attached hydrogens (tertiary/aromatic N) is 1. The first-order chi connectivity index (χ1) is 17.3. The van der Waals surface area contributed by atoms with Crippen LogP contribution in [-0.4, -0.2) is 84.0 Å². The molecule has 0 saturated carbocycles. The zero-order chi connectivity index (χ0) is 27.8. The van der Waals surface area contributed by atoms with Crippen molar-refractivity contribution in [3.63, 3.8) is 0 Å². The summed E-state index contributed by atoms with van der Waals surface area (Å²) >= 11 is 11.7. The number of hydroxylamine groups is 2. The van der Waals surface area contributed by atoms with E-state index in [1.165, 1.54) is 19.2 Å². The number of benzene rings is 2. The number of ether oxygens (including phenoxy) is 2. The molecule has 37 heavy (non-hydrogen) atoms. The molecule has 4 N–H and O–H groups in total. The average Bonchev–Trinajstić information content (AvgIpc) is 3.26. The molecule has 204 valence electrons. The molecule has 0 radical (unpaired) electrons. The topological polar surface area (TPSA) is 138 Å². The zero-order valence-electron chi connectivity index (χ0n) is 19.2. The van der Waals surface area contributed by atoms with Gasteiger partial charge in [0.1, 0.15) is 42.7 Å². The van der Waals surface area contributed by atoms with E-state index >= 15 is 0 Å². The van der Waals surface area contributed by atoms with Gasteiger partial charge in [0.2, 0.25) is 0 Å². The lowest BCUT2D eigenvalue weighted by atomic mass is 10.1. The smallest absolute Gasteiger partial charge is 0.490 e. The van der Waals surface area contributed by atoms with Gasteiger partial charge in [0.05, 0.1) is 23.7 Å². The molecular weight excluding hydrogens is 548 g/mol. The molecule has 0 unspecified atom stereocenters. The third-order valence-electron chi connectivity index (χ3n) is 4.58. The van der Waals surface area contributed by atoms with Crippen LogP contribution in [0.4, 0.5) is 13.2 Å².